The van der Waals surface area contributed by atoms with E-state index in [2.05, 4.69) is 21.8 Å². The number of fused-ring (bicyclic) bond motifs is 1. The minimum atomic E-state index is -0.669. The van der Waals surface area contributed by atoms with Crippen LogP contribution >= 0.6 is 22.9 Å². The zero-order valence-corrected chi connectivity index (χ0v) is 21.9. The fourth-order valence-electron chi connectivity index (χ4n) is 4.50. The second-order valence-electron chi connectivity index (χ2n) is 8.82. The molecular weight excluding hydrogens is 500 g/mol. The summed E-state index contributed by atoms with van der Waals surface area (Å²) >= 11 is 7.38. The molecule has 1 fully saturated rings. The predicted octanol–water partition coefficient (Wildman–Crippen LogP) is 2.80. The number of likely N-dealkylation sites (N-methyl/N-ethyl adjacent to an activating group) is 1. The molecule has 8 nitrogen and oxygen atoms in total. The summed E-state index contributed by atoms with van der Waals surface area (Å²) in [6, 6.07) is 10.3. The molecule has 10 heteroatoms. The number of ether oxygens (including phenoxy) is 1. The Morgan fingerprint density at radius 1 is 1.19 bits per heavy atom. The van der Waals surface area contributed by atoms with E-state index < -0.39 is 12.0 Å². The summed E-state index contributed by atoms with van der Waals surface area (Å²) in [5.74, 6) is 0.899. The number of piperazine rings is 1. The summed E-state index contributed by atoms with van der Waals surface area (Å²) in [7, 11) is 2.11. The highest BCUT2D eigenvalue weighted by Crippen LogP contribution is 2.31. The van der Waals surface area contributed by atoms with Crippen molar-refractivity contribution in [1.29, 1.82) is 0 Å². The van der Waals surface area contributed by atoms with Crippen LogP contribution in [0.1, 0.15) is 31.2 Å². The number of carbonyl (C=O) groups excluding carboxylic acids is 1. The number of halogens is 1. The van der Waals surface area contributed by atoms with Crippen LogP contribution in [0.5, 0.6) is 0 Å². The van der Waals surface area contributed by atoms with Crippen LogP contribution in [0.15, 0.2) is 61.9 Å². The second-order valence-corrected chi connectivity index (χ2v) is 10.3. The molecule has 2 aliphatic heterocycles. The maximum absolute atomic E-state index is 13.7. The van der Waals surface area contributed by atoms with Gasteiger partial charge in [-0.2, -0.15) is 0 Å². The number of allylic oxidation sites excluding steroid dienone is 1. The summed E-state index contributed by atoms with van der Waals surface area (Å²) in [5, 5.41) is 0.568. The number of nitrogens with zero attached hydrogens (tertiary/aromatic N) is 4. The van der Waals surface area contributed by atoms with Gasteiger partial charge in [0.15, 0.2) is 10.7 Å². The third-order valence-corrected chi connectivity index (χ3v) is 7.64. The number of hydrogen-bond donors (Lipinski definition) is 0. The van der Waals surface area contributed by atoms with Crippen LogP contribution in [-0.4, -0.2) is 55.3 Å². The van der Waals surface area contributed by atoms with Crippen LogP contribution in [-0.2, 0) is 9.53 Å². The Balaban J connectivity index is 1.58. The highest BCUT2D eigenvalue weighted by molar-refractivity contribution is 7.07. The number of aromatic nitrogens is 1. The normalized spacial score (nSPS) is 18.8. The summed E-state index contributed by atoms with van der Waals surface area (Å²) < 4.78 is 13.4. The highest BCUT2D eigenvalue weighted by Gasteiger charge is 2.33. The van der Waals surface area contributed by atoms with Gasteiger partial charge in [-0.25, -0.2) is 9.79 Å². The molecule has 36 heavy (non-hydrogen) atoms. The minimum Gasteiger partial charge on any atom is -0.463 e. The lowest BCUT2D eigenvalue weighted by Crippen LogP contribution is -2.44. The fraction of sp³-hybridized carbons (Fsp3) is 0.346. The van der Waals surface area contributed by atoms with Crippen molar-refractivity contribution in [3.8, 4) is 0 Å². The molecule has 4 heterocycles. The van der Waals surface area contributed by atoms with Gasteiger partial charge in [0, 0.05) is 43.3 Å². The average molecular weight is 527 g/mol. The Bertz CT molecular complexity index is 1490. The Kier molecular flexibility index (Phi) is 6.87. The molecule has 188 valence electrons. The Morgan fingerprint density at radius 2 is 1.92 bits per heavy atom. The molecule has 5 rings (SSSR count). The maximum atomic E-state index is 13.7. The van der Waals surface area contributed by atoms with Gasteiger partial charge in [0.2, 0.25) is 0 Å². The molecule has 3 aromatic rings. The van der Waals surface area contributed by atoms with E-state index in [1.54, 1.807) is 36.6 Å². The van der Waals surface area contributed by atoms with Gasteiger partial charge in [0.1, 0.15) is 5.76 Å². The number of thiazole rings is 1. The molecule has 1 saturated heterocycles. The molecular formula is C26H27ClN4O4S. The Labute approximate surface area is 217 Å². The number of furan rings is 1. The molecule has 1 atom stereocenters. The van der Waals surface area contributed by atoms with Crippen molar-refractivity contribution in [1.82, 2.24) is 9.47 Å². The van der Waals surface area contributed by atoms with Crippen molar-refractivity contribution >= 4 is 40.9 Å². The topological polar surface area (TPSA) is 80.3 Å². The standard InChI is InChI=1S/C26H27ClN4O4S/c1-4-34-25(33)22-16(2)28-26-31(23(22)17-5-7-18(27)8-6-17)24(32)20(36-26)15-19-9-10-21(35-19)30-13-11-29(3)12-14-30/h5-10,15,23H,4,11-14H2,1-3H3/b20-15+/t23-/m1/s1. The van der Waals surface area contributed by atoms with E-state index in [-0.39, 0.29) is 12.2 Å². The number of hydrogen-bond acceptors (Lipinski definition) is 8. The molecule has 0 saturated carbocycles. The van der Waals surface area contributed by atoms with Crippen LogP contribution < -0.4 is 19.8 Å². The van der Waals surface area contributed by atoms with Gasteiger partial charge in [-0.3, -0.25) is 9.36 Å². The average Bonchev–Trinajstić information content (AvgIpc) is 3.44. The first-order chi connectivity index (χ1) is 17.4. The van der Waals surface area contributed by atoms with Crippen molar-refractivity contribution < 1.29 is 13.9 Å². The third kappa shape index (κ3) is 4.66. The molecule has 1 aromatic carbocycles. The van der Waals surface area contributed by atoms with Gasteiger partial charge >= 0.3 is 5.97 Å². The predicted molar refractivity (Wildman–Crippen MR) is 140 cm³/mol. The van der Waals surface area contributed by atoms with Crippen molar-refractivity contribution in [3.05, 3.63) is 83.7 Å². The summed E-state index contributed by atoms with van der Waals surface area (Å²) in [6.07, 6.45) is 1.74. The SMILES string of the molecule is CCOC(=O)C1=C(C)N=c2s/c(=C/c3ccc(N4CCN(C)CC4)o3)c(=O)n2[C@@H]1c1ccc(Cl)cc1. The van der Waals surface area contributed by atoms with Gasteiger partial charge in [-0.15, -0.1) is 0 Å². The molecule has 0 spiro atoms. The lowest BCUT2D eigenvalue weighted by atomic mass is 9.96. The highest BCUT2D eigenvalue weighted by atomic mass is 35.5. The minimum absolute atomic E-state index is 0.224. The summed E-state index contributed by atoms with van der Waals surface area (Å²) in [4.78, 5) is 36.2. The summed E-state index contributed by atoms with van der Waals surface area (Å²) in [5.41, 5.74) is 1.37. The number of anilines is 1. The maximum Gasteiger partial charge on any atom is 0.338 e. The molecule has 0 amide bonds. The van der Waals surface area contributed by atoms with Gasteiger partial charge in [-0.05, 0) is 44.7 Å². The van der Waals surface area contributed by atoms with Crippen molar-refractivity contribution in [3.63, 3.8) is 0 Å². The first-order valence-corrected chi connectivity index (χ1v) is 13.0. The van der Waals surface area contributed by atoms with Gasteiger partial charge < -0.3 is 19.0 Å². The van der Waals surface area contributed by atoms with Crippen molar-refractivity contribution in [2.24, 2.45) is 4.99 Å². The Hall–Kier alpha value is -3.14. The van der Waals surface area contributed by atoms with Gasteiger partial charge in [-0.1, -0.05) is 35.1 Å². The number of esters is 1. The number of benzene rings is 1. The van der Waals surface area contributed by atoms with E-state index in [1.165, 1.54) is 11.3 Å². The lowest BCUT2D eigenvalue weighted by Gasteiger charge is -2.32. The van der Waals surface area contributed by atoms with E-state index in [9.17, 15) is 9.59 Å². The number of rotatable bonds is 5. The van der Waals surface area contributed by atoms with Crippen molar-refractivity contribution in [2.75, 3.05) is 44.7 Å². The van der Waals surface area contributed by atoms with E-state index >= 15 is 0 Å². The smallest absolute Gasteiger partial charge is 0.338 e. The van der Waals surface area contributed by atoms with E-state index in [4.69, 9.17) is 20.8 Å². The van der Waals surface area contributed by atoms with E-state index in [1.807, 2.05) is 24.3 Å². The van der Waals surface area contributed by atoms with Crippen LogP contribution in [0.4, 0.5) is 5.88 Å². The molecule has 2 aliphatic rings. The number of carbonyl (C=O) groups is 1. The van der Waals surface area contributed by atoms with Crippen LogP contribution in [0, 0.1) is 0 Å². The third-order valence-electron chi connectivity index (χ3n) is 6.40. The van der Waals surface area contributed by atoms with Gasteiger partial charge in [0.05, 0.1) is 28.5 Å². The zero-order chi connectivity index (χ0) is 25.4. The molecule has 0 unspecified atom stereocenters. The first-order valence-electron chi connectivity index (χ1n) is 11.8. The monoisotopic (exact) mass is 526 g/mol. The van der Waals surface area contributed by atoms with Crippen LogP contribution in [0.3, 0.4) is 0 Å². The van der Waals surface area contributed by atoms with E-state index in [0.29, 0.717) is 31.4 Å². The molecule has 0 bridgehead atoms. The largest absolute Gasteiger partial charge is 0.463 e. The summed E-state index contributed by atoms with van der Waals surface area (Å²) in [6.45, 7) is 7.47. The molecule has 0 N–H and O–H groups in total. The lowest BCUT2D eigenvalue weighted by molar-refractivity contribution is -0.139. The zero-order valence-electron chi connectivity index (χ0n) is 20.4. The van der Waals surface area contributed by atoms with Gasteiger partial charge in [0.25, 0.3) is 5.56 Å². The van der Waals surface area contributed by atoms with Crippen LogP contribution in [0.2, 0.25) is 5.02 Å². The fourth-order valence-corrected chi connectivity index (χ4v) is 5.65. The van der Waals surface area contributed by atoms with Crippen LogP contribution in [0.25, 0.3) is 6.08 Å². The molecule has 0 radical (unpaired) electrons. The molecule has 0 aliphatic carbocycles. The first kappa shape index (κ1) is 24.5. The van der Waals surface area contributed by atoms with E-state index in [0.717, 1.165) is 37.6 Å². The second kappa shape index (κ2) is 10.1. The quantitative estimate of drug-likeness (QED) is 0.476. The molecule has 2 aromatic heterocycles. The van der Waals surface area contributed by atoms with Crippen molar-refractivity contribution in [2.45, 2.75) is 19.9 Å². The Morgan fingerprint density at radius 3 is 2.61 bits per heavy atom.